The molecule has 0 aliphatic carbocycles. The molecule has 0 spiro atoms. The average Bonchev–Trinajstić information content (AvgIpc) is 2.62. The molecule has 2 aromatic carbocycles. The van der Waals surface area contributed by atoms with Gasteiger partial charge in [0.1, 0.15) is 6.33 Å². The zero-order chi connectivity index (χ0) is 17.8. The van der Waals surface area contributed by atoms with E-state index in [1.807, 2.05) is 37.3 Å². The van der Waals surface area contributed by atoms with E-state index in [9.17, 15) is 4.79 Å². The average molecular weight is 335 g/mol. The Labute approximate surface area is 147 Å². The van der Waals surface area contributed by atoms with Crippen LogP contribution in [-0.4, -0.2) is 22.5 Å². The maximum absolute atomic E-state index is 12.2. The largest absolute Gasteiger partial charge is 0.467 e. The number of nitrogens with one attached hydrogen (secondary N) is 1. The predicted octanol–water partition coefficient (Wildman–Crippen LogP) is 3.50. The number of aromatic nitrogens is 2. The third kappa shape index (κ3) is 3.94. The molecule has 1 amide bonds. The first-order valence-corrected chi connectivity index (χ1v) is 8.23. The van der Waals surface area contributed by atoms with Crippen LogP contribution in [0.4, 0.5) is 0 Å². The number of fused-ring (bicyclic) bond motifs is 1. The van der Waals surface area contributed by atoms with Crippen molar-refractivity contribution >= 4 is 16.8 Å². The Hall–Kier alpha value is -2.95. The summed E-state index contributed by atoms with van der Waals surface area (Å²) in [6, 6.07) is 13.7. The molecule has 0 aliphatic rings. The zero-order valence-corrected chi connectivity index (χ0v) is 14.6. The molecule has 1 unspecified atom stereocenters. The molecule has 1 N–H and O–H groups in total. The van der Waals surface area contributed by atoms with Gasteiger partial charge in [-0.05, 0) is 49.6 Å². The number of carbonyl (C=O) groups excluding carboxylic acids is 1. The third-order valence-corrected chi connectivity index (χ3v) is 4.25. The Morgan fingerprint density at radius 2 is 1.92 bits per heavy atom. The van der Waals surface area contributed by atoms with E-state index < -0.39 is 0 Å². The summed E-state index contributed by atoms with van der Waals surface area (Å²) in [5.41, 5.74) is 4.31. The maximum atomic E-state index is 12.2. The van der Waals surface area contributed by atoms with E-state index in [4.69, 9.17) is 4.74 Å². The van der Waals surface area contributed by atoms with Crippen LogP contribution in [0.5, 0.6) is 5.88 Å². The number of benzene rings is 2. The molecule has 25 heavy (non-hydrogen) atoms. The van der Waals surface area contributed by atoms with Crippen LogP contribution in [0.2, 0.25) is 0 Å². The van der Waals surface area contributed by atoms with Gasteiger partial charge in [-0.3, -0.25) is 4.79 Å². The first-order valence-electron chi connectivity index (χ1n) is 8.23. The lowest BCUT2D eigenvalue weighted by Crippen LogP contribution is -2.31. The van der Waals surface area contributed by atoms with Gasteiger partial charge in [-0.2, -0.15) is 0 Å². The molecule has 0 fully saturated rings. The zero-order valence-electron chi connectivity index (χ0n) is 14.6. The quantitative estimate of drug-likeness (QED) is 0.775. The number of rotatable bonds is 5. The van der Waals surface area contributed by atoms with Crippen molar-refractivity contribution < 1.29 is 9.53 Å². The molecule has 1 heterocycles. The Morgan fingerprint density at radius 1 is 1.12 bits per heavy atom. The molecule has 0 saturated heterocycles. The summed E-state index contributed by atoms with van der Waals surface area (Å²) in [4.78, 5) is 20.5. The SMILES string of the molecule is Cc1ccc(C(C)NC(=O)COc2ncnc3ccccc23)cc1C. The van der Waals surface area contributed by atoms with Crippen molar-refractivity contribution in [2.24, 2.45) is 0 Å². The highest BCUT2D eigenvalue weighted by atomic mass is 16.5. The van der Waals surface area contributed by atoms with Crippen LogP contribution in [0, 0.1) is 13.8 Å². The van der Waals surface area contributed by atoms with E-state index in [0.29, 0.717) is 5.88 Å². The van der Waals surface area contributed by atoms with E-state index in [-0.39, 0.29) is 18.6 Å². The van der Waals surface area contributed by atoms with Crippen molar-refractivity contribution in [3.8, 4) is 5.88 Å². The van der Waals surface area contributed by atoms with Gasteiger partial charge in [0, 0.05) is 0 Å². The summed E-state index contributed by atoms with van der Waals surface area (Å²) in [6.07, 6.45) is 1.44. The van der Waals surface area contributed by atoms with Crippen molar-refractivity contribution in [1.82, 2.24) is 15.3 Å². The van der Waals surface area contributed by atoms with Crippen LogP contribution in [0.3, 0.4) is 0 Å². The number of carbonyl (C=O) groups is 1. The van der Waals surface area contributed by atoms with Crippen molar-refractivity contribution in [2.45, 2.75) is 26.8 Å². The monoisotopic (exact) mass is 335 g/mol. The molecule has 0 bridgehead atoms. The van der Waals surface area contributed by atoms with Crippen LogP contribution in [0.25, 0.3) is 10.9 Å². The van der Waals surface area contributed by atoms with Gasteiger partial charge in [0.05, 0.1) is 16.9 Å². The van der Waals surface area contributed by atoms with Gasteiger partial charge in [0.25, 0.3) is 5.91 Å². The lowest BCUT2D eigenvalue weighted by molar-refractivity contribution is -0.123. The highest BCUT2D eigenvalue weighted by Gasteiger charge is 2.12. The van der Waals surface area contributed by atoms with Gasteiger partial charge in [-0.1, -0.05) is 30.3 Å². The first kappa shape index (κ1) is 16.9. The molecule has 1 atom stereocenters. The first-order chi connectivity index (χ1) is 12.0. The molecule has 3 aromatic rings. The number of para-hydroxylation sites is 1. The summed E-state index contributed by atoms with van der Waals surface area (Å²) >= 11 is 0. The van der Waals surface area contributed by atoms with Gasteiger partial charge in [0.15, 0.2) is 6.61 Å². The van der Waals surface area contributed by atoms with Crippen LogP contribution >= 0.6 is 0 Å². The van der Waals surface area contributed by atoms with Gasteiger partial charge < -0.3 is 10.1 Å². The maximum Gasteiger partial charge on any atom is 0.258 e. The van der Waals surface area contributed by atoms with Gasteiger partial charge in [-0.15, -0.1) is 0 Å². The minimum Gasteiger partial charge on any atom is -0.467 e. The molecular weight excluding hydrogens is 314 g/mol. The fourth-order valence-electron chi connectivity index (χ4n) is 2.63. The Morgan fingerprint density at radius 3 is 2.72 bits per heavy atom. The second-order valence-electron chi connectivity index (χ2n) is 6.12. The molecule has 128 valence electrons. The van der Waals surface area contributed by atoms with E-state index in [2.05, 4.69) is 41.3 Å². The van der Waals surface area contributed by atoms with Crippen molar-refractivity contribution in [2.75, 3.05) is 6.61 Å². The second-order valence-corrected chi connectivity index (χ2v) is 6.12. The molecule has 5 nitrogen and oxygen atoms in total. The number of hydrogen-bond donors (Lipinski definition) is 1. The van der Waals surface area contributed by atoms with Crippen LogP contribution in [0.15, 0.2) is 48.8 Å². The second kappa shape index (κ2) is 7.30. The Bertz CT molecular complexity index is 903. The lowest BCUT2D eigenvalue weighted by atomic mass is 10.0. The van der Waals surface area contributed by atoms with E-state index in [1.165, 1.54) is 17.5 Å². The third-order valence-electron chi connectivity index (χ3n) is 4.25. The minimum absolute atomic E-state index is 0.0856. The minimum atomic E-state index is -0.187. The smallest absolute Gasteiger partial charge is 0.258 e. The van der Waals surface area contributed by atoms with Crippen LogP contribution in [0.1, 0.15) is 29.7 Å². The van der Waals surface area contributed by atoms with E-state index in [1.54, 1.807) is 0 Å². The predicted molar refractivity (Wildman–Crippen MR) is 97.5 cm³/mol. The fraction of sp³-hybridized carbons (Fsp3) is 0.250. The fourth-order valence-corrected chi connectivity index (χ4v) is 2.63. The number of nitrogens with zero attached hydrogens (tertiary/aromatic N) is 2. The van der Waals surface area contributed by atoms with Gasteiger partial charge in [0.2, 0.25) is 5.88 Å². The molecular formula is C20H21N3O2. The van der Waals surface area contributed by atoms with Crippen molar-refractivity contribution in [3.63, 3.8) is 0 Å². The molecule has 1 aromatic heterocycles. The highest BCUT2D eigenvalue weighted by molar-refractivity contribution is 5.84. The summed E-state index contributed by atoms with van der Waals surface area (Å²) in [7, 11) is 0. The number of hydrogen-bond acceptors (Lipinski definition) is 4. The highest BCUT2D eigenvalue weighted by Crippen LogP contribution is 2.20. The van der Waals surface area contributed by atoms with Crippen molar-refractivity contribution in [3.05, 3.63) is 65.5 Å². The summed E-state index contributed by atoms with van der Waals surface area (Å²) < 4.78 is 5.60. The number of amides is 1. The van der Waals surface area contributed by atoms with E-state index in [0.717, 1.165) is 16.5 Å². The van der Waals surface area contributed by atoms with Crippen LogP contribution in [-0.2, 0) is 4.79 Å². The molecule has 5 heteroatoms. The number of ether oxygens (including phenoxy) is 1. The summed E-state index contributed by atoms with van der Waals surface area (Å²) in [5, 5.41) is 3.75. The van der Waals surface area contributed by atoms with Gasteiger partial charge >= 0.3 is 0 Å². The summed E-state index contributed by atoms with van der Waals surface area (Å²) in [6.45, 7) is 6.01. The standard InChI is InChI=1S/C20H21N3O2/c1-13-8-9-16(10-14(13)2)15(3)23-19(24)11-25-20-17-6-4-5-7-18(17)21-12-22-20/h4-10,12,15H,11H2,1-3H3,(H,23,24). The normalized spacial score (nSPS) is 12.0. The molecule has 0 saturated carbocycles. The van der Waals surface area contributed by atoms with Crippen LogP contribution < -0.4 is 10.1 Å². The topological polar surface area (TPSA) is 64.1 Å². The Kier molecular flexibility index (Phi) is 4.93. The molecule has 3 rings (SSSR count). The molecule has 0 radical (unpaired) electrons. The Balaban J connectivity index is 1.63. The number of aryl methyl sites for hydroxylation is 2. The van der Waals surface area contributed by atoms with Crippen molar-refractivity contribution in [1.29, 1.82) is 0 Å². The van der Waals surface area contributed by atoms with E-state index >= 15 is 0 Å². The summed E-state index contributed by atoms with van der Waals surface area (Å²) in [5.74, 6) is 0.230. The van der Waals surface area contributed by atoms with Gasteiger partial charge in [-0.25, -0.2) is 9.97 Å². The lowest BCUT2D eigenvalue weighted by Gasteiger charge is -2.16. The molecule has 0 aliphatic heterocycles.